The summed E-state index contributed by atoms with van der Waals surface area (Å²) in [5, 5.41) is 15.2. The second-order valence-electron chi connectivity index (χ2n) is 7.02. The summed E-state index contributed by atoms with van der Waals surface area (Å²) >= 11 is 12.6. The number of nitrogens with one attached hydrogen (secondary N) is 1. The number of methoxy groups -OCH3 is 1. The minimum absolute atomic E-state index is 0.0118. The van der Waals surface area contributed by atoms with Gasteiger partial charge in [0.05, 0.1) is 34.9 Å². The van der Waals surface area contributed by atoms with E-state index in [2.05, 4.69) is 10.5 Å². The van der Waals surface area contributed by atoms with E-state index in [1.54, 1.807) is 42.5 Å². The fourth-order valence-corrected chi connectivity index (χ4v) is 3.59. The number of nitro benzene ring substituents is 1. The molecule has 3 aromatic carbocycles. The minimum atomic E-state index is -0.476. The van der Waals surface area contributed by atoms with Gasteiger partial charge in [-0.25, -0.2) is 5.43 Å². The Kier molecular flexibility index (Phi) is 8.88. The summed E-state index contributed by atoms with van der Waals surface area (Å²) in [5.41, 5.74) is 4.01. The van der Waals surface area contributed by atoms with Crippen molar-refractivity contribution in [2.24, 2.45) is 5.10 Å². The third-order valence-corrected chi connectivity index (χ3v) is 5.22. The Morgan fingerprint density at radius 1 is 1.06 bits per heavy atom. The maximum absolute atomic E-state index is 12.4. The van der Waals surface area contributed by atoms with Crippen molar-refractivity contribution in [2.45, 2.75) is 13.5 Å². The van der Waals surface area contributed by atoms with Crippen LogP contribution in [0.5, 0.6) is 17.2 Å². The molecule has 182 valence electrons. The number of hydrogen-bond donors (Lipinski definition) is 1. The fraction of sp³-hybridized carbons (Fsp3) is 0.167. The molecular formula is C24H21Cl2N3O6. The van der Waals surface area contributed by atoms with Gasteiger partial charge in [-0.1, -0.05) is 23.2 Å². The zero-order valence-electron chi connectivity index (χ0n) is 18.8. The van der Waals surface area contributed by atoms with E-state index in [0.29, 0.717) is 34.8 Å². The van der Waals surface area contributed by atoms with Crippen molar-refractivity contribution in [1.82, 2.24) is 5.43 Å². The van der Waals surface area contributed by atoms with Gasteiger partial charge in [0.25, 0.3) is 11.6 Å². The highest BCUT2D eigenvalue weighted by molar-refractivity contribution is 6.37. The topological polar surface area (TPSA) is 112 Å². The maximum atomic E-state index is 12.4. The largest absolute Gasteiger partial charge is 0.493 e. The number of carbonyl (C=O) groups excluding carboxylic acids is 1. The molecule has 0 saturated carbocycles. The molecule has 0 atom stereocenters. The molecule has 0 saturated heterocycles. The summed E-state index contributed by atoms with van der Waals surface area (Å²) in [6.45, 7) is 2.44. The second-order valence-corrected chi connectivity index (χ2v) is 7.84. The maximum Gasteiger partial charge on any atom is 0.271 e. The standard InChI is InChI=1S/C24H21Cl2N3O6/c1-3-34-21-9-6-17(12-22(21)33-2)24(30)28-27-13-16-10-19(25)23(20(26)11-16)35-14-15-4-7-18(8-5-15)29(31)32/h4-13H,3,14H2,1-2H3,(H,28,30)/b27-13+. The molecule has 11 heteroatoms. The lowest BCUT2D eigenvalue weighted by Crippen LogP contribution is -2.17. The van der Waals surface area contributed by atoms with Crippen LogP contribution in [-0.4, -0.2) is 30.8 Å². The minimum Gasteiger partial charge on any atom is -0.493 e. The molecule has 0 bridgehead atoms. The molecule has 0 aliphatic rings. The molecule has 0 spiro atoms. The third-order valence-electron chi connectivity index (χ3n) is 4.66. The highest BCUT2D eigenvalue weighted by Crippen LogP contribution is 2.34. The van der Waals surface area contributed by atoms with Crippen LogP contribution in [-0.2, 0) is 6.61 Å². The molecule has 35 heavy (non-hydrogen) atoms. The van der Waals surface area contributed by atoms with Crippen LogP contribution >= 0.6 is 23.2 Å². The van der Waals surface area contributed by atoms with Crippen molar-refractivity contribution in [3.05, 3.63) is 91.4 Å². The molecule has 1 amide bonds. The lowest BCUT2D eigenvalue weighted by molar-refractivity contribution is -0.384. The normalized spacial score (nSPS) is 10.7. The van der Waals surface area contributed by atoms with Crippen LogP contribution in [0.2, 0.25) is 10.0 Å². The zero-order chi connectivity index (χ0) is 25.4. The third kappa shape index (κ3) is 6.84. The molecule has 9 nitrogen and oxygen atoms in total. The number of halogens is 2. The van der Waals surface area contributed by atoms with Crippen molar-refractivity contribution in [1.29, 1.82) is 0 Å². The van der Waals surface area contributed by atoms with E-state index >= 15 is 0 Å². The highest BCUT2D eigenvalue weighted by atomic mass is 35.5. The monoisotopic (exact) mass is 517 g/mol. The van der Waals surface area contributed by atoms with Crippen LogP contribution in [0.25, 0.3) is 0 Å². The predicted octanol–water partition coefficient (Wildman–Crippen LogP) is 5.65. The Hall–Kier alpha value is -3.82. The molecule has 1 N–H and O–H groups in total. The number of nitrogens with zero attached hydrogens (tertiary/aromatic N) is 2. The first-order chi connectivity index (χ1) is 16.8. The van der Waals surface area contributed by atoms with Crippen molar-refractivity contribution in [3.8, 4) is 17.2 Å². The lowest BCUT2D eigenvalue weighted by Gasteiger charge is -2.11. The molecule has 0 aliphatic carbocycles. The molecular weight excluding hydrogens is 497 g/mol. The van der Waals surface area contributed by atoms with E-state index in [1.807, 2.05) is 6.92 Å². The smallest absolute Gasteiger partial charge is 0.271 e. The van der Waals surface area contributed by atoms with Gasteiger partial charge in [0.2, 0.25) is 0 Å². The van der Waals surface area contributed by atoms with Crippen LogP contribution < -0.4 is 19.6 Å². The number of benzene rings is 3. The van der Waals surface area contributed by atoms with Crippen LogP contribution in [0.15, 0.2) is 59.7 Å². The Balaban J connectivity index is 1.63. The number of hydrogen-bond acceptors (Lipinski definition) is 7. The van der Waals surface area contributed by atoms with Gasteiger partial charge in [-0.3, -0.25) is 14.9 Å². The van der Waals surface area contributed by atoms with E-state index in [4.69, 9.17) is 37.4 Å². The molecule has 0 fully saturated rings. The average molecular weight is 518 g/mol. The summed E-state index contributed by atoms with van der Waals surface area (Å²) in [6.07, 6.45) is 1.39. The van der Waals surface area contributed by atoms with Gasteiger partial charge >= 0.3 is 0 Å². The first-order valence-electron chi connectivity index (χ1n) is 10.3. The quantitative estimate of drug-likeness (QED) is 0.211. The summed E-state index contributed by atoms with van der Waals surface area (Å²) in [4.78, 5) is 22.7. The van der Waals surface area contributed by atoms with Gasteiger partial charge in [-0.2, -0.15) is 5.10 Å². The summed E-state index contributed by atoms with van der Waals surface area (Å²) in [6, 6.07) is 13.9. The van der Waals surface area contributed by atoms with E-state index < -0.39 is 10.8 Å². The van der Waals surface area contributed by atoms with Gasteiger partial charge in [0.15, 0.2) is 17.2 Å². The Morgan fingerprint density at radius 2 is 1.74 bits per heavy atom. The van der Waals surface area contributed by atoms with E-state index in [1.165, 1.54) is 25.5 Å². The molecule has 3 rings (SSSR count). The van der Waals surface area contributed by atoms with Gasteiger partial charge in [-0.05, 0) is 60.5 Å². The SMILES string of the molecule is CCOc1ccc(C(=O)N/N=C/c2cc(Cl)c(OCc3ccc([N+](=O)[O-])cc3)c(Cl)c2)cc1OC. The number of ether oxygens (including phenoxy) is 3. The van der Waals surface area contributed by atoms with E-state index in [9.17, 15) is 14.9 Å². The number of nitro groups is 1. The second kappa shape index (κ2) is 12.0. The van der Waals surface area contributed by atoms with Crippen molar-refractivity contribution >= 4 is 41.0 Å². The molecule has 0 heterocycles. The molecule has 0 unspecified atom stereocenters. The lowest BCUT2D eigenvalue weighted by atomic mass is 10.2. The number of amides is 1. The van der Waals surface area contributed by atoms with Crippen LogP contribution in [0.1, 0.15) is 28.4 Å². The summed E-state index contributed by atoms with van der Waals surface area (Å²) < 4.78 is 16.4. The van der Waals surface area contributed by atoms with E-state index in [0.717, 1.165) is 0 Å². The molecule has 0 aliphatic heterocycles. The summed E-state index contributed by atoms with van der Waals surface area (Å²) in [5.74, 6) is 0.791. The van der Waals surface area contributed by atoms with Crippen molar-refractivity contribution < 1.29 is 23.9 Å². The first kappa shape index (κ1) is 25.8. The van der Waals surface area contributed by atoms with Crippen LogP contribution in [0.3, 0.4) is 0 Å². The Morgan fingerprint density at radius 3 is 2.34 bits per heavy atom. The number of carbonyl (C=O) groups is 1. The fourth-order valence-electron chi connectivity index (χ4n) is 2.97. The van der Waals surface area contributed by atoms with Gasteiger partial charge < -0.3 is 14.2 Å². The molecule has 0 radical (unpaired) electrons. The average Bonchev–Trinajstić information content (AvgIpc) is 2.84. The van der Waals surface area contributed by atoms with Gasteiger partial charge in [0, 0.05) is 17.7 Å². The number of rotatable bonds is 10. The molecule has 3 aromatic rings. The molecule has 0 aromatic heterocycles. The predicted molar refractivity (Wildman–Crippen MR) is 133 cm³/mol. The van der Waals surface area contributed by atoms with Crippen molar-refractivity contribution in [3.63, 3.8) is 0 Å². The zero-order valence-corrected chi connectivity index (χ0v) is 20.3. The van der Waals surface area contributed by atoms with Crippen molar-refractivity contribution in [2.75, 3.05) is 13.7 Å². The van der Waals surface area contributed by atoms with Gasteiger partial charge in [0.1, 0.15) is 6.61 Å². The van der Waals surface area contributed by atoms with Crippen LogP contribution in [0.4, 0.5) is 5.69 Å². The van der Waals surface area contributed by atoms with Gasteiger partial charge in [-0.15, -0.1) is 0 Å². The Bertz CT molecular complexity index is 1230. The van der Waals surface area contributed by atoms with Crippen LogP contribution in [0, 0.1) is 10.1 Å². The number of non-ortho nitro benzene ring substituents is 1. The number of hydrazone groups is 1. The Labute approximate surface area is 211 Å². The van der Waals surface area contributed by atoms with E-state index in [-0.39, 0.29) is 28.1 Å². The highest BCUT2D eigenvalue weighted by Gasteiger charge is 2.12. The summed E-state index contributed by atoms with van der Waals surface area (Å²) in [7, 11) is 1.49. The first-order valence-corrected chi connectivity index (χ1v) is 11.1.